The summed E-state index contributed by atoms with van der Waals surface area (Å²) in [7, 11) is 0. The highest BCUT2D eigenvalue weighted by Crippen LogP contribution is 2.33. The minimum Gasteiger partial charge on any atom is -0.491 e. The molecule has 19 heavy (non-hydrogen) atoms. The van der Waals surface area contributed by atoms with Gasteiger partial charge in [0.05, 0.1) is 5.60 Å². The second kappa shape index (κ2) is 5.14. The number of nitrogens with two attached hydrogens (primary N) is 1. The highest BCUT2D eigenvalue weighted by molar-refractivity contribution is 5.40. The van der Waals surface area contributed by atoms with E-state index in [0.717, 1.165) is 44.3 Å². The summed E-state index contributed by atoms with van der Waals surface area (Å²) >= 11 is 0. The molecule has 0 aromatic heterocycles. The van der Waals surface area contributed by atoms with E-state index in [1.807, 2.05) is 6.07 Å². The molecule has 0 amide bonds. The lowest BCUT2D eigenvalue weighted by atomic mass is 9.85. The smallest absolute Gasteiger partial charge is 0.119 e. The van der Waals surface area contributed by atoms with E-state index < -0.39 is 5.60 Å². The van der Waals surface area contributed by atoms with Crippen molar-refractivity contribution in [2.45, 2.75) is 56.6 Å². The Hall–Kier alpha value is -1.06. The summed E-state index contributed by atoms with van der Waals surface area (Å²) in [5.74, 6) is 0.867. The van der Waals surface area contributed by atoms with Crippen LogP contribution in [0.15, 0.2) is 18.2 Å². The molecule has 0 aliphatic heterocycles. The van der Waals surface area contributed by atoms with E-state index in [4.69, 9.17) is 10.5 Å². The lowest BCUT2D eigenvalue weighted by Crippen LogP contribution is -2.37. The monoisotopic (exact) mass is 261 g/mol. The fourth-order valence-electron chi connectivity index (χ4n) is 3.29. The number of benzene rings is 1. The minimum absolute atomic E-state index is 0.187. The van der Waals surface area contributed by atoms with Crippen molar-refractivity contribution >= 4 is 0 Å². The summed E-state index contributed by atoms with van der Waals surface area (Å²) in [6, 6.07) is 6.34. The first kappa shape index (κ1) is 12.9. The summed E-state index contributed by atoms with van der Waals surface area (Å²) in [5.41, 5.74) is 7.97. The average Bonchev–Trinajstić information content (AvgIpc) is 2.79. The molecule has 2 aliphatic carbocycles. The Labute approximate surface area is 114 Å². The summed E-state index contributed by atoms with van der Waals surface area (Å²) in [6.07, 6.45) is 7.25. The van der Waals surface area contributed by atoms with Crippen molar-refractivity contribution in [3.05, 3.63) is 29.3 Å². The molecule has 1 unspecified atom stereocenters. The number of fused-ring (bicyclic) bond motifs is 1. The molecule has 3 nitrogen and oxygen atoms in total. The van der Waals surface area contributed by atoms with Gasteiger partial charge in [-0.2, -0.15) is 0 Å². The fourth-order valence-corrected chi connectivity index (χ4v) is 3.29. The molecule has 3 N–H and O–H groups in total. The minimum atomic E-state index is -0.617. The third-order valence-electron chi connectivity index (χ3n) is 4.53. The van der Waals surface area contributed by atoms with E-state index in [2.05, 4.69) is 12.1 Å². The maximum Gasteiger partial charge on any atom is 0.119 e. The molecule has 3 heteroatoms. The molecule has 1 aromatic rings. The van der Waals surface area contributed by atoms with Crippen LogP contribution in [0.2, 0.25) is 0 Å². The standard InChI is InChI=1S/C16H23NO2/c17-15-7-4-12-10-13(5-6-14(12)15)19-11-16(18)8-2-1-3-9-16/h5-6,10,15,18H,1-4,7-9,11,17H2. The topological polar surface area (TPSA) is 55.5 Å². The van der Waals surface area contributed by atoms with Crippen molar-refractivity contribution in [2.75, 3.05) is 6.61 Å². The van der Waals surface area contributed by atoms with Gasteiger partial charge < -0.3 is 15.6 Å². The zero-order valence-electron chi connectivity index (χ0n) is 11.4. The molecule has 0 bridgehead atoms. The number of hydrogen-bond donors (Lipinski definition) is 2. The first-order valence-corrected chi connectivity index (χ1v) is 7.40. The van der Waals surface area contributed by atoms with Crippen LogP contribution in [-0.2, 0) is 6.42 Å². The van der Waals surface area contributed by atoms with Crippen molar-refractivity contribution in [2.24, 2.45) is 5.73 Å². The molecule has 1 atom stereocenters. The lowest BCUT2D eigenvalue weighted by molar-refractivity contribution is -0.0339. The van der Waals surface area contributed by atoms with Gasteiger partial charge in [-0.1, -0.05) is 25.3 Å². The molecule has 1 saturated carbocycles. The Morgan fingerprint density at radius 2 is 2.05 bits per heavy atom. The van der Waals surface area contributed by atoms with Gasteiger partial charge in [-0.3, -0.25) is 0 Å². The van der Waals surface area contributed by atoms with Gasteiger partial charge in [-0.15, -0.1) is 0 Å². The second-order valence-electron chi connectivity index (χ2n) is 6.08. The maximum absolute atomic E-state index is 10.4. The Kier molecular flexibility index (Phi) is 3.50. The third-order valence-corrected chi connectivity index (χ3v) is 4.53. The Balaban J connectivity index is 1.64. The quantitative estimate of drug-likeness (QED) is 0.879. The Morgan fingerprint density at radius 1 is 1.26 bits per heavy atom. The van der Waals surface area contributed by atoms with Crippen molar-refractivity contribution < 1.29 is 9.84 Å². The van der Waals surface area contributed by atoms with Gasteiger partial charge in [0.25, 0.3) is 0 Å². The van der Waals surface area contributed by atoms with Crippen LogP contribution in [0.1, 0.15) is 55.7 Å². The average molecular weight is 261 g/mol. The normalized spacial score (nSPS) is 25.1. The van der Waals surface area contributed by atoms with Crippen LogP contribution in [0, 0.1) is 0 Å². The molecule has 0 radical (unpaired) electrons. The molecule has 104 valence electrons. The summed E-state index contributed by atoms with van der Waals surface area (Å²) in [5, 5.41) is 10.4. The van der Waals surface area contributed by atoms with Gasteiger partial charge in [-0.05, 0) is 48.9 Å². The summed E-state index contributed by atoms with van der Waals surface area (Å²) < 4.78 is 5.82. The van der Waals surface area contributed by atoms with Gasteiger partial charge in [0.2, 0.25) is 0 Å². The van der Waals surface area contributed by atoms with Crippen LogP contribution < -0.4 is 10.5 Å². The molecular weight excluding hydrogens is 238 g/mol. The number of rotatable bonds is 3. The van der Waals surface area contributed by atoms with Crippen molar-refractivity contribution in [1.29, 1.82) is 0 Å². The lowest BCUT2D eigenvalue weighted by Gasteiger charge is -2.31. The number of hydrogen-bond acceptors (Lipinski definition) is 3. The van der Waals surface area contributed by atoms with Gasteiger partial charge >= 0.3 is 0 Å². The fraction of sp³-hybridized carbons (Fsp3) is 0.625. The van der Waals surface area contributed by atoms with Crippen LogP contribution >= 0.6 is 0 Å². The van der Waals surface area contributed by atoms with Gasteiger partial charge in [-0.25, -0.2) is 0 Å². The molecule has 0 spiro atoms. The zero-order chi connectivity index (χ0) is 13.3. The van der Waals surface area contributed by atoms with Crippen molar-refractivity contribution in [1.82, 2.24) is 0 Å². The van der Waals surface area contributed by atoms with Gasteiger partial charge in [0.1, 0.15) is 12.4 Å². The number of ether oxygens (including phenoxy) is 1. The predicted octanol–water partition coefficient (Wildman–Crippen LogP) is 2.71. The molecular formula is C16H23NO2. The van der Waals surface area contributed by atoms with Crippen molar-refractivity contribution in [3.63, 3.8) is 0 Å². The van der Waals surface area contributed by atoms with E-state index in [9.17, 15) is 5.11 Å². The summed E-state index contributed by atoms with van der Waals surface area (Å²) in [4.78, 5) is 0. The van der Waals surface area contributed by atoms with Crippen LogP contribution in [0.25, 0.3) is 0 Å². The van der Waals surface area contributed by atoms with Crippen LogP contribution in [0.5, 0.6) is 5.75 Å². The maximum atomic E-state index is 10.4. The number of aryl methyl sites for hydroxylation is 1. The molecule has 2 aliphatic rings. The van der Waals surface area contributed by atoms with Crippen molar-refractivity contribution in [3.8, 4) is 5.75 Å². The van der Waals surface area contributed by atoms with Gasteiger partial charge in [0, 0.05) is 6.04 Å². The highest BCUT2D eigenvalue weighted by Gasteiger charge is 2.30. The van der Waals surface area contributed by atoms with E-state index in [1.165, 1.54) is 17.5 Å². The molecule has 0 saturated heterocycles. The zero-order valence-corrected chi connectivity index (χ0v) is 11.4. The first-order chi connectivity index (χ1) is 9.16. The van der Waals surface area contributed by atoms with E-state index in [0.29, 0.717) is 6.61 Å². The molecule has 1 fully saturated rings. The Bertz CT molecular complexity index is 452. The largest absolute Gasteiger partial charge is 0.491 e. The van der Waals surface area contributed by atoms with Gasteiger partial charge in [0.15, 0.2) is 0 Å². The van der Waals surface area contributed by atoms with E-state index in [1.54, 1.807) is 0 Å². The first-order valence-electron chi connectivity index (χ1n) is 7.40. The summed E-state index contributed by atoms with van der Waals surface area (Å²) in [6.45, 7) is 0.415. The second-order valence-corrected chi connectivity index (χ2v) is 6.08. The predicted molar refractivity (Wildman–Crippen MR) is 75.2 cm³/mol. The van der Waals surface area contributed by atoms with E-state index >= 15 is 0 Å². The van der Waals surface area contributed by atoms with Crippen LogP contribution in [0.3, 0.4) is 0 Å². The van der Waals surface area contributed by atoms with E-state index in [-0.39, 0.29) is 6.04 Å². The highest BCUT2D eigenvalue weighted by atomic mass is 16.5. The third kappa shape index (κ3) is 2.77. The SMILES string of the molecule is NC1CCc2cc(OCC3(O)CCCCC3)ccc21. The molecule has 1 aromatic carbocycles. The molecule has 3 rings (SSSR count). The molecule has 0 heterocycles. The van der Waals surface area contributed by atoms with Crippen LogP contribution in [0.4, 0.5) is 0 Å². The van der Waals surface area contributed by atoms with Crippen LogP contribution in [-0.4, -0.2) is 17.3 Å². The Morgan fingerprint density at radius 3 is 2.84 bits per heavy atom. The number of aliphatic hydroxyl groups is 1.